The van der Waals surface area contributed by atoms with Crippen LogP contribution in [0.4, 0.5) is 0 Å². The van der Waals surface area contributed by atoms with Crippen molar-refractivity contribution in [1.82, 2.24) is 10.0 Å². The predicted octanol–water partition coefficient (Wildman–Crippen LogP) is 0.716. The average Bonchev–Trinajstić information content (AvgIpc) is 2.28. The topological polar surface area (TPSA) is 58.2 Å². The first-order valence-corrected chi connectivity index (χ1v) is 7.01. The highest BCUT2D eigenvalue weighted by Crippen LogP contribution is 1.98. The Labute approximate surface area is 97.1 Å². The van der Waals surface area contributed by atoms with Crippen LogP contribution in [0.15, 0.2) is 30.3 Å². The number of hydrogen-bond acceptors (Lipinski definition) is 3. The lowest BCUT2D eigenvalue weighted by Gasteiger charge is -2.06. The number of nitrogens with one attached hydrogen (secondary N) is 2. The maximum atomic E-state index is 11.5. The Hall–Kier alpha value is -0.910. The first-order valence-electron chi connectivity index (χ1n) is 5.36. The summed E-state index contributed by atoms with van der Waals surface area (Å²) in [6.07, 6.45) is 0. The third kappa shape index (κ3) is 5.25. The first-order chi connectivity index (χ1) is 7.64. The SMILES string of the molecule is CCNCCS(=O)(=O)NCc1ccccc1. The first kappa shape index (κ1) is 13.2. The van der Waals surface area contributed by atoms with Crippen LogP contribution in [0.5, 0.6) is 0 Å². The van der Waals surface area contributed by atoms with Crippen molar-refractivity contribution in [3.05, 3.63) is 35.9 Å². The van der Waals surface area contributed by atoms with Gasteiger partial charge in [0, 0.05) is 13.1 Å². The van der Waals surface area contributed by atoms with Gasteiger partial charge in [0.15, 0.2) is 0 Å². The summed E-state index contributed by atoms with van der Waals surface area (Å²) in [7, 11) is -3.16. The summed E-state index contributed by atoms with van der Waals surface area (Å²) in [6, 6.07) is 9.48. The van der Waals surface area contributed by atoms with Gasteiger partial charge in [-0.1, -0.05) is 37.3 Å². The molecule has 1 aromatic carbocycles. The van der Waals surface area contributed by atoms with Gasteiger partial charge < -0.3 is 5.32 Å². The second-order valence-electron chi connectivity index (χ2n) is 3.48. The summed E-state index contributed by atoms with van der Waals surface area (Å²) < 4.78 is 25.6. The maximum Gasteiger partial charge on any atom is 0.213 e. The van der Waals surface area contributed by atoms with Gasteiger partial charge in [0.1, 0.15) is 0 Å². The van der Waals surface area contributed by atoms with Gasteiger partial charge in [-0.25, -0.2) is 13.1 Å². The van der Waals surface area contributed by atoms with Gasteiger partial charge in [0.25, 0.3) is 0 Å². The molecule has 0 atom stereocenters. The van der Waals surface area contributed by atoms with E-state index < -0.39 is 10.0 Å². The van der Waals surface area contributed by atoms with E-state index in [4.69, 9.17) is 0 Å². The summed E-state index contributed by atoms with van der Waals surface area (Å²) in [5.41, 5.74) is 0.967. The van der Waals surface area contributed by atoms with E-state index in [1.165, 1.54) is 0 Å². The molecule has 0 aromatic heterocycles. The largest absolute Gasteiger partial charge is 0.316 e. The van der Waals surface area contributed by atoms with Crippen molar-refractivity contribution in [2.75, 3.05) is 18.8 Å². The lowest BCUT2D eigenvalue weighted by atomic mass is 10.2. The van der Waals surface area contributed by atoms with E-state index in [9.17, 15) is 8.42 Å². The molecule has 0 spiro atoms. The lowest BCUT2D eigenvalue weighted by molar-refractivity contribution is 0.577. The molecule has 1 aromatic rings. The Kier molecular flexibility index (Phi) is 5.45. The second kappa shape index (κ2) is 6.62. The van der Waals surface area contributed by atoms with Gasteiger partial charge in [0.05, 0.1) is 5.75 Å². The van der Waals surface area contributed by atoms with Gasteiger partial charge in [-0.2, -0.15) is 0 Å². The van der Waals surface area contributed by atoms with Crippen molar-refractivity contribution in [2.45, 2.75) is 13.5 Å². The minimum Gasteiger partial charge on any atom is -0.316 e. The van der Waals surface area contributed by atoms with Crippen LogP contribution in [-0.4, -0.2) is 27.3 Å². The summed E-state index contributed by atoms with van der Waals surface area (Å²) in [4.78, 5) is 0. The number of rotatable bonds is 7. The van der Waals surface area contributed by atoms with Crippen LogP contribution >= 0.6 is 0 Å². The molecule has 0 amide bonds. The molecule has 2 N–H and O–H groups in total. The van der Waals surface area contributed by atoms with Crippen LogP contribution in [0.1, 0.15) is 12.5 Å². The Morgan fingerprint density at radius 1 is 1.19 bits per heavy atom. The van der Waals surface area contributed by atoms with Crippen molar-refractivity contribution < 1.29 is 8.42 Å². The monoisotopic (exact) mass is 242 g/mol. The van der Waals surface area contributed by atoms with Crippen molar-refractivity contribution in [2.24, 2.45) is 0 Å². The van der Waals surface area contributed by atoms with Crippen molar-refractivity contribution in [1.29, 1.82) is 0 Å². The zero-order valence-corrected chi connectivity index (χ0v) is 10.3. The van der Waals surface area contributed by atoms with Gasteiger partial charge in [-0.3, -0.25) is 0 Å². The van der Waals surface area contributed by atoms with E-state index in [2.05, 4.69) is 10.0 Å². The van der Waals surface area contributed by atoms with E-state index in [0.29, 0.717) is 13.1 Å². The quantitative estimate of drug-likeness (QED) is 0.693. The third-order valence-electron chi connectivity index (χ3n) is 2.14. The fraction of sp³-hybridized carbons (Fsp3) is 0.455. The molecule has 0 saturated carbocycles. The molecular weight excluding hydrogens is 224 g/mol. The highest BCUT2D eigenvalue weighted by molar-refractivity contribution is 7.89. The second-order valence-corrected chi connectivity index (χ2v) is 5.41. The molecule has 0 unspecified atom stereocenters. The van der Waals surface area contributed by atoms with Crippen LogP contribution in [0.2, 0.25) is 0 Å². The fourth-order valence-corrected chi connectivity index (χ4v) is 2.19. The zero-order chi connectivity index (χ0) is 11.9. The molecule has 0 radical (unpaired) electrons. The smallest absolute Gasteiger partial charge is 0.213 e. The Balaban J connectivity index is 2.36. The molecule has 1 rings (SSSR count). The molecule has 4 nitrogen and oxygen atoms in total. The summed E-state index contributed by atoms with van der Waals surface area (Å²) >= 11 is 0. The van der Waals surface area contributed by atoms with Gasteiger partial charge in [0.2, 0.25) is 10.0 Å². The van der Waals surface area contributed by atoms with Gasteiger partial charge in [-0.05, 0) is 12.1 Å². The Morgan fingerprint density at radius 2 is 1.88 bits per heavy atom. The highest BCUT2D eigenvalue weighted by atomic mass is 32.2. The van der Waals surface area contributed by atoms with E-state index in [0.717, 1.165) is 12.1 Å². The summed E-state index contributed by atoms with van der Waals surface area (Å²) in [5.74, 6) is 0.119. The average molecular weight is 242 g/mol. The summed E-state index contributed by atoms with van der Waals surface area (Å²) in [5, 5.41) is 2.98. The maximum absolute atomic E-state index is 11.5. The van der Waals surface area contributed by atoms with Crippen LogP contribution in [0, 0.1) is 0 Å². The summed E-state index contributed by atoms with van der Waals surface area (Å²) in [6.45, 7) is 3.58. The van der Waals surface area contributed by atoms with Crippen molar-refractivity contribution >= 4 is 10.0 Å². The van der Waals surface area contributed by atoms with Gasteiger partial charge >= 0.3 is 0 Å². The van der Waals surface area contributed by atoms with E-state index in [1.807, 2.05) is 37.3 Å². The highest BCUT2D eigenvalue weighted by Gasteiger charge is 2.08. The lowest BCUT2D eigenvalue weighted by Crippen LogP contribution is -2.31. The number of benzene rings is 1. The molecule has 0 aliphatic rings. The predicted molar refractivity (Wildman–Crippen MR) is 65.6 cm³/mol. The number of hydrogen-bond donors (Lipinski definition) is 2. The molecule has 5 heteroatoms. The van der Waals surface area contributed by atoms with E-state index in [1.54, 1.807) is 0 Å². The minimum absolute atomic E-state index is 0.119. The zero-order valence-electron chi connectivity index (χ0n) is 9.44. The third-order valence-corrected chi connectivity index (χ3v) is 3.46. The standard InChI is InChI=1S/C11H18N2O2S/c1-2-12-8-9-16(14,15)13-10-11-6-4-3-5-7-11/h3-7,12-13H,2,8-10H2,1H3. The van der Waals surface area contributed by atoms with Crippen LogP contribution in [-0.2, 0) is 16.6 Å². The number of sulfonamides is 1. The molecule has 0 fully saturated rings. The molecular formula is C11H18N2O2S. The molecule has 16 heavy (non-hydrogen) atoms. The van der Waals surface area contributed by atoms with E-state index in [-0.39, 0.29) is 5.75 Å². The molecule has 0 aliphatic carbocycles. The normalized spacial score (nSPS) is 11.6. The molecule has 0 heterocycles. The minimum atomic E-state index is -3.16. The van der Waals surface area contributed by atoms with Gasteiger partial charge in [-0.15, -0.1) is 0 Å². The molecule has 0 aliphatic heterocycles. The van der Waals surface area contributed by atoms with Crippen LogP contribution in [0.25, 0.3) is 0 Å². The molecule has 0 saturated heterocycles. The molecule has 0 bridgehead atoms. The Morgan fingerprint density at radius 3 is 2.50 bits per heavy atom. The molecule has 90 valence electrons. The van der Waals surface area contributed by atoms with E-state index >= 15 is 0 Å². The fourth-order valence-electron chi connectivity index (χ4n) is 1.24. The van der Waals surface area contributed by atoms with Crippen LogP contribution in [0.3, 0.4) is 0 Å². The Bertz CT molecular complexity index is 390. The van der Waals surface area contributed by atoms with Crippen LogP contribution < -0.4 is 10.0 Å². The van der Waals surface area contributed by atoms with Crippen molar-refractivity contribution in [3.8, 4) is 0 Å². The van der Waals surface area contributed by atoms with Crippen molar-refractivity contribution in [3.63, 3.8) is 0 Å².